The second-order valence-electron chi connectivity index (χ2n) is 8.40. The Morgan fingerprint density at radius 1 is 1.15 bits per heavy atom. The number of furan rings is 1. The molecule has 0 saturated carbocycles. The predicted molar refractivity (Wildman–Crippen MR) is 127 cm³/mol. The van der Waals surface area contributed by atoms with E-state index in [-0.39, 0.29) is 23.6 Å². The number of para-hydroxylation sites is 1. The second kappa shape index (κ2) is 9.97. The van der Waals surface area contributed by atoms with E-state index in [1.807, 2.05) is 68.4 Å². The van der Waals surface area contributed by atoms with Crippen molar-refractivity contribution >= 4 is 26.9 Å². The zero-order valence-electron chi connectivity index (χ0n) is 19.0. The lowest BCUT2D eigenvalue weighted by molar-refractivity contribution is -0.126. The first kappa shape index (κ1) is 23.3. The van der Waals surface area contributed by atoms with Crippen molar-refractivity contribution in [2.24, 2.45) is 5.92 Å². The van der Waals surface area contributed by atoms with Gasteiger partial charge in [0.1, 0.15) is 5.76 Å². The van der Waals surface area contributed by atoms with Gasteiger partial charge in [0, 0.05) is 24.4 Å². The molecule has 1 unspecified atom stereocenters. The van der Waals surface area contributed by atoms with Crippen molar-refractivity contribution in [1.29, 1.82) is 0 Å². The molecule has 33 heavy (non-hydrogen) atoms. The van der Waals surface area contributed by atoms with E-state index < -0.39 is 10.0 Å². The molecule has 1 aliphatic heterocycles. The predicted octanol–water partition coefficient (Wildman–Crippen LogP) is 4.25. The Hall–Kier alpha value is -2.84. The van der Waals surface area contributed by atoms with Crippen molar-refractivity contribution in [3.8, 4) is 5.75 Å². The molecule has 1 aromatic heterocycles. The van der Waals surface area contributed by atoms with Gasteiger partial charge in [0.05, 0.1) is 18.4 Å². The number of benzene rings is 2. The van der Waals surface area contributed by atoms with Crippen molar-refractivity contribution in [2.75, 3.05) is 19.7 Å². The lowest BCUT2D eigenvalue weighted by Crippen LogP contribution is -2.43. The molecule has 1 saturated heterocycles. The topological polar surface area (TPSA) is 88.9 Å². The van der Waals surface area contributed by atoms with Crippen molar-refractivity contribution in [3.63, 3.8) is 0 Å². The van der Waals surface area contributed by atoms with Gasteiger partial charge < -0.3 is 14.5 Å². The van der Waals surface area contributed by atoms with Crippen LogP contribution in [0.5, 0.6) is 5.75 Å². The Balaban J connectivity index is 1.34. The van der Waals surface area contributed by atoms with Crippen LogP contribution >= 0.6 is 0 Å². The number of nitrogens with one attached hydrogen (secondary N) is 1. The number of rotatable bonds is 8. The van der Waals surface area contributed by atoms with Gasteiger partial charge >= 0.3 is 0 Å². The van der Waals surface area contributed by atoms with E-state index in [9.17, 15) is 13.2 Å². The molecule has 3 aromatic rings. The third-order valence-electron chi connectivity index (χ3n) is 6.02. The van der Waals surface area contributed by atoms with E-state index in [0.717, 1.165) is 10.9 Å². The monoisotopic (exact) mass is 470 g/mol. The molecule has 0 radical (unpaired) electrons. The quantitative estimate of drug-likeness (QED) is 0.532. The minimum Gasteiger partial charge on any atom is -0.490 e. The normalized spacial score (nSPS) is 16.5. The highest BCUT2D eigenvalue weighted by molar-refractivity contribution is 7.88. The van der Waals surface area contributed by atoms with Crippen LogP contribution in [-0.4, -0.2) is 38.3 Å². The van der Waals surface area contributed by atoms with Gasteiger partial charge in [-0.3, -0.25) is 4.79 Å². The highest BCUT2D eigenvalue weighted by Gasteiger charge is 2.32. The summed E-state index contributed by atoms with van der Waals surface area (Å²) >= 11 is 0. The van der Waals surface area contributed by atoms with E-state index in [2.05, 4.69) is 5.32 Å². The Labute approximate surface area is 194 Å². The van der Waals surface area contributed by atoms with Crippen molar-refractivity contribution in [1.82, 2.24) is 9.62 Å². The Bertz CT molecular complexity index is 1200. The molecule has 4 rings (SSSR count). The molecule has 8 heteroatoms. The van der Waals surface area contributed by atoms with Gasteiger partial charge in [0.25, 0.3) is 0 Å². The summed E-state index contributed by atoms with van der Waals surface area (Å²) in [5, 5.41) is 3.96. The van der Waals surface area contributed by atoms with Crippen LogP contribution in [0, 0.1) is 5.92 Å². The Kier molecular flexibility index (Phi) is 7.05. The number of carbonyl (C=O) groups excluding carboxylic acids is 1. The van der Waals surface area contributed by atoms with Gasteiger partial charge in [-0.05, 0) is 44.4 Å². The summed E-state index contributed by atoms with van der Waals surface area (Å²) in [6, 6.07) is 16.5. The number of ether oxygens (including phenoxy) is 1. The average Bonchev–Trinajstić information content (AvgIpc) is 3.25. The molecule has 0 spiro atoms. The molecule has 0 bridgehead atoms. The third kappa shape index (κ3) is 5.39. The number of sulfonamides is 1. The summed E-state index contributed by atoms with van der Waals surface area (Å²) < 4.78 is 38.6. The molecular formula is C25H30N2O5S. The smallest absolute Gasteiger partial charge is 0.223 e. The zero-order valence-corrected chi connectivity index (χ0v) is 19.8. The van der Waals surface area contributed by atoms with Crippen LogP contribution in [0.15, 0.2) is 59.0 Å². The van der Waals surface area contributed by atoms with Gasteiger partial charge in [0.15, 0.2) is 11.3 Å². The maximum atomic E-state index is 12.9. The van der Waals surface area contributed by atoms with Gasteiger partial charge in [-0.25, -0.2) is 12.7 Å². The van der Waals surface area contributed by atoms with E-state index in [0.29, 0.717) is 49.6 Å². The van der Waals surface area contributed by atoms with Crippen LogP contribution < -0.4 is 10.1 Å². The summed E-state index contributed by atoms with van der Waals surface area (Å²) in [7, 11) is -3.40. The maximum Gasteiger partial charge on any atom is 0.223 e. The fraction of sp³-hybridized carbons (Fsp3) is 0.400. The largest absolute Gasteiger partial charge is 0.490 e. The molecular weight excluding hydrogens is 440 g/mol. The highest BCUT2D eigenvalue weighted by atomic mass is 32.2. The first-order valence-corrected chi connectivity index (χ1v) is 13.0. The van der Waals surface area contributed by atoms with E-state index in [1.54, 1.807) is 0 Å². The number of nitrogens with zero attached hydrogens (tertiary/aromatic N) is 1. The molecule has 1 fully saturated rings. The molecule has 1 N–H and O–H groups in total. The molecule has 176 valence electrons. The van der Waals surface area contributed by atoms with Crippen LogP contribution in [0.1, 0.15) is 44.1 Å². The highest BCUT2D eigenvalue weighted by Crippen LogP contribution is 2.31. The number of piperidine rings is 1. The van der Waals surface area contributed by atoms with Crippen LogP contribution in [0.25, 0.3) is 11.0 Å². The standard InChI is InChI=1S/C25H30N2O5S/c1-3-31-22-11-7-10-21-16-23(32-24(21)22)18(2)26-25(28)20-12-14-27(15-13-20)33(29,30)17-19-8-5-4-6-9-19/h4-11,16,18,20H,3,12-15,17H2,1-2H3,(H,26,28). The summed E-state index contributed by atoms with van der Waals surface area (Å²) in [5.41, 5.74) is 1.44. The summed E-state index contributed by atoms with van der Waals surface area (Å²) in [5.74, 6) is 1.03. The van der Waals surface area contributed by atoms with Crippen molar-refractivity contribution < 1.29 is 22.4 Å². The Morgan fingerprint density at radius 2 is 1.88 bits per heavy atom. The van der Waals surface area contributed by atoms with E-state index >= 15 is 0 Å². The Morgan fingerprint density at radius 3 is 2.58 bits per heavy atom. The van der Waals surface area contributed by atoms with E-state index in [1.165, 1.54) is 4.31 Å². The molecule has 1 aliphatic rings. The molecule has 2 aromatic carbocycles. The summed E-state index contributed by atoms with van der Waals surface area (Å²) in [6.45, 7) is 5.05. The summed E-state index contributed by atoms with van der Waals surface area (Å²) in [6.07, 6.45) is 1.00. The molecule has 1 amide bonds. The summed E-state index contributed by atoms with van der Waals surface area (Å²) in [4.78, 5) is 12.9. The SMILES string of the molecule is CCOc1cccc2cc(C(C)NC(=O)C3CCN(S(=O)(=O)Cc4ccccc4)CC3)oc12. The number of hydrogen-bond donors (Lipinski definition) is 1. The minimum absolute atomic E-state index is 0.0163. The first-order chi connectivity index (χ1) is 15.9. The van der Waals surface area contributed by atoms with Crippen LogP contribution in [0.4, 0.5) is 0 Å². The molecule has 0 aliphatic carbocycles. The minimum atomic E-state index is -3.40. The van der Waals surface area contributed by atoms with E-state index in [4.69, 9.17) is 9.15 Å². The number of fused-ring (bicyclic) bond motifs is 1. The van der Waals surface area contributed by atoms with Gasteiger partial charge in [-0.15, -0.1) is 0 Å². The van der Waals surface area contributed by atoms with Crippen LogP contribution in [0.2, 0.25) is 0 Å². The van der Waals surface area contributed by atoms with Crippen molar-refractivity contribution in [3.05, 3.63) is 65.9 Å². The van der Waals surface area contributed by atoms with Gasteiger partial charge in [-0.2, -0.15) is 0 Å². The lowest BCUT2D eigenvalue weighted by atomic mass is 9.97. The number of carbonyl (C=O) groups is 1. The van der Waals surface area contributed by atoms with Gasteiger partial charge in [-0.1, -0.05) is 42.5 Å². The first-order valence-electron chi connectivity index (χ1n) is 11.3. The van der Waals surface area contributed by atoms with Crippen LogP contribution in [0.3, 0.4) is 0 Å². The maximum absolute atomic E-state index is 12.9. The van der Waals surface area contributed by atoms with Crippen molar-refractivity contribution in [2.45, 2.75) is 38.5 Å². The second-order valence-corrected chi connectivity index (χ2v) is 10.4. The fourth-order valence-electron chi connectivity index (χ4n) is 4.21. The number of hydrogen-bond acceptors (Lipinski definition) is 5. The third-order valence-corrected chi connectivity index (χ3v) is 7.87. The fourth-order valence-corrected chi connectivity index (χ4v) is 5.78. The average molecular weight is 471 g/mol. The number of amides is 1. The lowest BCUT2D eigenvalue weighted by Gasteiger charge is -2.31. The molecule has 1 atom stereocenters. The molecule has 2 heterocycles. The van der Waals surface area contributed by atoms with Crippen LogP contribution in [-0.2, 0) is 20.6 Å². The zero-order chi connectivity index (χ0) is 23.4. The molecule has 7 nitrogen and oxygen atoms in total. The van der Waals surface area contributed by atoms with Gasteiger partial charge in [0.2, 0.25) is 15.9 Å².